The summed E-state index contributed by atoms with van der Waals surface area (Å²) in [5.74, 6) is -0.0257. The highest BCUT2D eigenvalue weighted by molar-refractivity contribution is 5.76. The van der Waals surface area contributed by atoms with E-state index >= 15 is 0 Å². The number of hydrogen-bond acceptors (Lipinski definition) is 5. The number of ether oxygens (including phenoxy) is 1. The van der Waals surface area contributed by atoms with Gasteiger partial charge >= 0.3 is 5.97 Å². The van der Waals surface area contributed by atoms with Gasteiger partial charge in [0.05, 0.1) is 25.4 Å². The van der Waals surface area contributed by atoms with E-state index < -0.39 is 12.1 Å². The quantitative estimate of drug-likeness (QED) is 0.0321. The number of rotatable bonds is 57. The summed E-state index contributed by atoms with van der Waals surface area (Å²) in [6.45, 7) is 4.95. The van der Waals surface area contributed by atoms with Gasteiger partial charge in [-0.3, -0.25) is 9.59 Å². The number of aliphatic hydroxyl groups excluding tert-OH is 2. The monoisotopic (exact) mass is 946 g/mol. The Morgan fingerprint density at radius 3 is 1.06 bits per heavy atom. The van der Waals surface area contributed by atoms with E-state index in [4.69, 9.17) is 4.74 Å². The zero-order valence-electron chi connectivity index (χ0n) is 45.4. The van der Waals surface area contributed by atoms with Crippen molar-refractivity contribution in [1.29, 1.82) is 0 Å². The Hall–Kier alpha value is -1.40. The van der Waals surface area contributed by atoms with Crippen molar-refractivity contribution < 1.29 is 24.5 Å². The van der Waals surface area contributed by atoms with E-state index in [0.29, 0.717) is 25.9 Å². The molecule has 0 aliphatic carbocycles. The van der Waals surface area contributed by atoms with Gasteiger partial charge < -0.3 is 20.3 Å². The van der Waals surface area contributed by atoms with Gasteiger partial charge in [0.2, 0.25) is 5.91 Å². The molecule has 0 aromatic rings. The highest BCUT2D eigenvalue weighted by atomic mass is 16.5. The molecule has 0 aliphatic heterocycles. The van der Waals surface area contributed by atoms with Crippen LogP contribution in [0.15, 0.2) is 12.2 Å². The largest absolute Gasteiger partial charge is 0.466 e. The van der Waals surface area contributed by atoms with E-state index in [2.05, 4.69) is 31.3 Å². The number of carbonyl (C=O) groups excluding carboxylic acids is 2. The number of nitrogens with one attached hydrogen (secondary N) is 1. The van der Waals surface area contributed by atoms with Gasteiger partial charge in [0, 0.05) is 12.8 Å². The lowest BCUT2D eigenvalue weighted by Crippen LogP contribution is -2.45. The van der Waals surface area contributed by atoms with Gasteiger partial charge in [-0.05, 0) is 51.4 Å². The molecular formula is C61H119NO5. The van der Waals surface area contributed by atoms with E-state index in [9.17, 15) is 19.8 Å². The van der Waals surface area contributed by atoms with Crippen molar-refractivity contribution in [1.82, 2.24) is 5.32 Å². The maximum absolute atomic E-state index is 12.4. The van der Waals surface area contributed by atoms with Crippen LogP contribution in [0, 0.1) is 0 Å². The fourth-order valence-corrected chi connectivity index (χ4v) is 9.64. The van der Waals surface area contributed by atoms with Crippen LogP contribution in [-0.4, -0.2) is 47.4 Å². The average Bonchev–Trinajstić information content (AvgIpc) is 3.33. The first-order valence-electron chi connectivity index (χ1n) is 30.4. The zero-order valence-corrected chi connectivity index (χ0v) is 45.4. The Morgan fingerprint density at radius 1 is 0.403 bits per heavy atom. The van der Waals surface area contributed by atoms with E-state index in [1.165, 1.54) is 263 Å². The standard InChI is InChI=1S/C61H119NO5/c1-3-5-7-9-11-13-15-16-17-29-32-35-39-43-47-51-55-61(66)67-56-52-48-44-40-36-33-30-27-25-23-21-19-18-20-22-24-26-28-31-34-38-42-46-50-54-60(65)62-58(57-63)59(64)53-49-45-41-37-14-12-10-8-6-4-2/h17,29,58-59,63-64H,3-16,18-28,30-57H2,1-2H3,(H,62,65)/b29-17-. The molecule has 0 heterocycles. The summed E-state index contributed by atoms with van der Waals surface area (Å²) in [5, 5.41) is 23.2. The first-order valence-corrected chi connectivity index (χ1v) is 30.4. The van der Waals surface area contributed by atoms with Crippen molar-refractivity contribution in [3.63, 3.8) is 0 Å². The number of esters is 1. The number of hydrogen-bond donors (Lipinski definition) is 3. The molecule has 0 bridgehead atoms. The molecule has 2 atom stereocenters. The van der Waals surface area contributed by atoms with Crippen LogP contribution >= 0.6 is 0 Å². The molecule has 0 aromatic carbocycles. The second kappa shape index (κ2) is 57.2. The summed E-state index contributed by atoms with van der Waals surface area (Å²) in [6, 6.07) is -0.538. The fourth-order valence-electron chi connectivity index (χ4n) is 9.64. The Labute approximate surface area is 419 Å². The minimum absolute atomic E-state index is 0.00851. The van der Waals surface area contributed by atoms with Crippen LogP contribution in [0.5, 0.6) is 0 Å². The van der Waals surface area contributed by atoms with Gasteiger partial charge in [0.15, 0.2) is 0 Å². The molecule has 0 radical (unpaired) electrons. The average molecular weight is 947 g/mol. The Kier molecular flexibility index (Phi) is 56.0. The van der Waals surface area contributed by atoms with Crippen molar-refractivity contribution in [3.8, 4) is 0 Å². The number of unbranched alkanes of at least 4 members (excludes halogenated alkanes) is 44. The summed E-state index contributed by atoms with van der Waals surface area (Å²) in [6.07, 6.45) is 68.0. The first-order chi connectivity index (χ1) is 33.0. The van der Waals surface area contributed by atoms with Gasteiger partial charge in [-0.2, -0.15) is 0 Å². The Balaban J connectivity index is 3.33. The fraction of sp³-hybridized carbons (Fsp3) is 0.934. The summed E-state index contributed by atoms with van der Waals surface area (Å²) in [4.78, 5) is 24.5. The van der Waals surface area contributed by atoms with Crippen molar-refractivity contribution in [2.75, 3.05) is 13.2 Å². The van der Waals surface area contributed by atoms with Crippen LogP contribution in [0.3, 0.4) is 0 Å². The lowest BCUT2D eigenvalue weighted by atomic mass is 10.0. The lowest BCUT2D eigenvalue weighted by molar-refractivity contribution is -0.143. The molecule has 3 N–H and O–H groups in total. The molecule has 0 rings (SSSR count). The summed E-state index contributed by atoms with van der Waals surface area (Å²) < 4.78 is 5.49. The van der Waals surface area contributed by atoms with Gasteiger partial charge in [0.25, 0.3) is 0 Å². The SMILES string of the molecule is CCCCCCCCC/C=C\CCCCCCCC(=O)OCCCCCCCCCCCCCCCCCCCCCCCCCCC(=O)NC(CO)C(O)CCCCCCCCCCCC. The van der Waals surface area contributed by atoms with E-state index in [1.807, 2.05) is 0 Å². The van der Waals surface area contributed by atoms with Crippen molar-refractivity contribution in [2.24, 2.45) is 0 Å². The normalized spacial score (nSPS) is 12.6. The van der Waals surface area contributed by atoms with Gasteiger partial charge in [-0.15, -0.1) is 0 Å². The number of carbonyl (C=O) groups is 2. The predicted molar refractivity (Wildman–Crippen MR) is 292 cm³/mol. The maximum atomic E-state index is 12.4. The van der Waals surface area contributed by atoms with Crippen LogP contribution in [-0.2, 0) is 14.3 Å². The number of aliphatic hydroxyl groups is 2. The molecule has 0 aromatic heterocycles. The van der Waals surface area contributed by atoms with Crippen LogP contribution in [0.1, 0.15) is 341 Å². The number of allylic oxidation sites excluding steroid dienone is 2. The van der Waals surface area contributed by atoms with Crippen molar-refractivity contribution >= 4 is 11.9 Å². The smallest absolute Gasteiger partial charge is 0.305 e. The van der Waals surface area contributed by atoms with Gasteiger partial charge in [-0.1, -0.05) is 289 Å². The molecule has 6 nitrogen and oxygen atoms in total. The topological polar surface area (TPSA) is 95.9 Å². The molecule has 398 valence electrons. The summed E-state index contributed by atoms with van der Waals surface area (Å²) in [7, 11) is 0. The molecule has 0 fully saturated rings. The Morgan fingerprint density at radius 2 is 0.701 bits per heavy atom. The minimum Gasteiger partial charge on any atom is -0.466 e. The molecule has 0 saturated carbocycles. The summed E-state index contributed by atoms with van der Waals surface area (Å²) in [5.41, 5.74) is 0. The van der Waals surface area contributed by atoms with Crippen LogP contribution < -0.4 is 5.32 Å². The highest BCUT2D eigenvalue weighted by Gasteiger charge is 2.20. The summed E-state index contributed by atoms with van der Waals surface area (Å²) >= 11 is 0. The number of amides is 1. The third kappa shape index (κ3) is 53.8. The Bertz CT molecular complexity index is 1000. The molecule has 67 heavy (non-hydrogen) atoms. The first kappa shape index (κ1) is 65.6. The molecule has 0 spiro atoms. The van der Waals surface area contributed by atoms with E-state index in [1.54, 1.807) is 0 Å². The van der Waals surface area contributed by atoms with Crippen LogP contribution in [0.4, 0.5) is 0 Å². The molecule has 2 unspecified atom stereocenters. The molecular weight excluding hydrogens is 827 g/mol. The van der Waals surface area contributed by atoms with Crippen molar-refractivity contribution in [2.45, 2.75) is 353 Å². The zero-order chi connectivity index (χ0) is 48.6. The van der Waals surface area contributed by atoms with E-state index in [0.717, 1.165) is 44.9 Å². The third-order valence-corrected chi connectivity index (χ3v) is 14.3. The van der Waals surface area contributed by atoms with E-state index in [-0.39, 0.29) is 18.5 Å². The van der Waals surface area contributed by atoms with Crippen molar-refractivity contribution in [3.05, 3.63) is 12.2 Å². The molecule has 0 aliphatic rings. The second-order valence-corrected chi connectivity index (χ2v) is 21.0. The maximum Gasteiger partial charge on any atom is 0.305 e. The highest BCUT2D eigenvalue weighted by Crippen LogP contribution is 2.18. The molecule has 1 amide bonds. The van der Waals surface area contributed by atoms with Gasteiger partial charge in [0.1, 0.15) is 0 Å². The molecule has 0 saturated heterocycles. The predicted octanol–water partition coefficient (Wildman–Crippen LogP) is 18.9. The third-order valence-electron chi connectivity index (χ3n) is 14.3. The molecule has 6 heteroatoms. The van der Waals surface area contributed by atoms with Crippen LogP contribution in [0.2, 0.25) is 0 Å². The second-order valence-electron chi connectivity index (χ2n) is 21.0. The van der Waals surface area contributed by atoms with Crippen LogP contribution in [0.25, 0.3) is 0 Å². The lowest BCUT2D eigenvalue weighted by Gasteiger charge is -2.22. The minimum atomic E-state index is -0.661. The van der Waals surface area contributed by atoms with Gasteiger partial charge in [-0.25, -0.2) is 0 Å².